The van der Waals surface area contributed by atoms with E-state index in [9.17, 15) is 0 Å². The normalized spacial score (nSPS) is 13.5. The van der Waals surface area contributed by atoms with E-state index < -0.39 is 0 Å². The second-order valence-electron chi connectivity index (χ2n) is 16.3. The lowest BCUT2D eigenvalue weighted by Crippen LogP contribution is -2.61. The fourth-order valence-electron chi connectivity index (χ4n) is 10.8. The third-order valence-electron chi connectivity index (χ3n) is 13.2. The minimum Gasteiger partial charge on any atom is -0.454 e. The van der Waals surface area contributed by atoms with Gasteiger partial charge in [-0.15, -0.1) is 0 Å². The number of fused-ring (bicyclic) bond motifs is 16. The highest BCUT2D eigenvalue weighted by Crippen LogP contribution is 2.53. The second kappa shape index (κ2) is 11.3. The van der Waals surface area contributed by atoms with Crippen LogP contribution in [0, 0.1) is 0 Å². The number of benzene rings is 9. The van der Waals surface area contributed by atoms with Gasteiger partial charge < -0.3 is 27.5 Å². The van der Waals surface area contributed by atoms with E-state index >= 15 is 0 Å². The van der Waals surface area contributed by atoms with Gasteiger partial charge in [-0.1, -0.05) is 115 Å². The van der Waals surface area contributed by atoms with Gasteiger partial charge in [0.2, 0.25) is 0 Å². The lowest BCUT2D eigenvalue weighted by molar-refractivity contribution is 0.656. The molecule has 282 valence electrons. The largest absolute Gasteiger partial charge is 0.454 e. The summed E-state index contributed by atoms with van der Waals surface area (Å²) in [5.41, 5.74) is 16.0. The predicted octanol–water partition coefficient (Wildman–Crippen LogP) is 13.4. The van der Waals surface area contributed by atoms with Gasteiger partial charge in [0.05, 0.1) is 0 Å². The topological polar surface area (TPSA) is 59.0 Å². The molecule has 0 atom stereocenters. The van der Waals surface area contributed by atoms with E-state index in [-0.39, 0.29) is 6.71 Å². The third-order valence-corrected chi connectivity index (χ3v) is 13.2. The Hall–Kier alpha value is -8.16. The quantitative estimate of drug-likeness (QED) is 0.163. The minimum absolute atomic E-state index is 0.0758. The second-order valence-corrected chi connectivity index (χ2v) is 16.3. The van der Waals surface area contributed by atoms with Crippen LogP contribution in [0.25, 0.3) is 87.8 Å². The Bertz CT molecular complexity index is 3620. The van der Waals surface area contributed by atoms with Crippen LogP contribution in [-0.2, 0) is 0 Å². The van der Waals surface area contributed by atoms with Crippen molar-refractivity contribution in [3.63, 3.8) is 0 Å². The lowest BCUT2D eigenvalue weighted by Gasteiger charge is -2.43. The van der Waals surface area contributed by atoms with Gasteiger partial charge in [-0.3, -0.25) is 0 Å². The lowest BCUT2D eigenvalue weighted by atomic mass is 9.33. The number of nitrogens with zero attached hydrogens (tertiary/aromatic N) is 2. The predicted molar refractivity (Wildman–Crippen MR) is 250 cm³/mol. The maximum Gasteiger partial charge on any atom is 0.252 e. The molecule has 0 spiro atoms. The number of hydrogen-bond acceptors (Lipinski definition) is 6. The van der Waals surface area contributed by atoms with Crippen molar-refractivity contribution < 1.29 is 17.7 Å². The molecule has 2 aliphatic heterocycles. The summed E-state index contributed by atoms with van der Waals surface area (Å²) in [5.74, 6) is 0. The molecule has 0 amide bonds. The average molecular weight is 781 g/mol. The summed E-state index contributed by atoms with van der Waals surface area (Å²) in [4.78, 5) is 4.79. The molecule has 0 radical (unpaired) electrons. The molecule has 0 N–H and O–H groups in total. The fourth-order valence-corrected chi connectivity index (χ4v) is 10.8. The average Bonchev–Trinajstić information content (AvgIpc) is 4.08. The minimum atomic E-state index is -0.0758. The summed E-state index contributed by atoms with van der Waals surface area (Å²) >= 11 is 0. The number of para-hydroxylation sites is 6. The Kier molecular flexibility index (Phi) is 5.90. The Morgan fingerprint density at radius 1 is 0.295 bits per heavy atom. The number of furan rings is 4. The fraction of sp³-hybridized carbons (Fsp3) is 0. The zero-order valence-electron chi connectivity index (χ0n) is 32.3. The van der Waals surface area contributed by atoms with Crippen molar-refractivity contribution >= 4 is 145 Å². The molecule has 61 heavy (non-hydrogen) atoms. The van der Waals surface area contributed by atoms with Crippen molar-refractivity contribution in [1.82, 2.24) is 0 Å². The summed E-state index contributed by atoms with van der Waals surface area (Å²) in [7, 11) is 0. The van der Waals surface area contributed by atoms with E-state index in [0.717, 1.165) is 122 Å². The third kappa shape index (κ3) is 3.98. The van der Waals surface area contributed by atoms with E-state index in [2.05, 4.69) is 161 Å². The maximum absolute atomic E-state index is 6.93. The number of rotatable bonds is 2. The molecule has 0 saturated heterocycles. The van der Waals surface area contributed by atoms with Crippen LogP contribution < -0.4 is 26.2 Å². The first-order chi connectivity index (χ1) is 30.3. The van der Waals surface area contributed by atoms with Gasteiger partial charge in [-0.2, -0.15) is 0 Å². The van der Waals surface area contributed by atoms with Crippen LogP contribution in [0.5, 0.6) is 0 Å². The molecule has 6 nitrogen and oxygen atoms in total. The SMILES string of the molecule is c1ccc2c(c1)B1c3ccccc3N(c3c4oc5ccccc5c4cc4c3oc3ccccc34)c3cccc(c31)N2c1c2oc3ccccc3c2cc2c1oc1ccccc12. The molecule has 15 rings (SSSR count). The number of anilines is 6. The summed E-state index contributed by atoms with van der Waals surface area (Å²) < 4.78 is 27.7. The van der Waals surface area contributed by atoms with Crippen LogP contribution in [0.2, 0.25) is 0 Å². The van der Waals surface area contributed by atoms with E-state index in [0.29, 0.717) is 0 Å². The number of hydrogen-bond donors (Lipinski definition) is 0. The van der Waals surface area contributed by atoms with Crippen LogP contribution in [-0.4, -0.2) is 6.71 Å². The molecule has 9 aromatic carbocycles. The molecule has 4 aromatic heterocycles. The molecule has 13 aromatic rings. The van der Waals surface area contributed by atoms with Crippen LogP contribution in [0.4, 0.5) is 34.1 Å². The zero-order chi connectivity index (χ0) is 39.5. The molecule has 2 aliphatic rings. The van der Waals surface area contributed by atoms with Gasteiger partial charge in [-0.25, -0.2) is 0 Å². The van der Waals surface area contributed by atoms with E-state index in [1.165, 1.54) is 16.4 Å². The van der Waals surface area contributed by atoms with E-state index in [1.54, 1.807) is 0 Å². The molecular weight excluding hydrogens is 751 g/mol. The summed E-state index contributed by atoms with van der Waals surface area (Å²) in [6.07, 6.45) is 0. The van der Waals surface area contributed by atoms with Crippen molar-refractivity contribution in [3.05, 3.63) is 176 Å². The van der Waals surface area contributed by atoms with Crippen molar-refractivity contribution in [2.24, 2.45) is 0 Å². The smallest absolute Gasteiger partial charge is 0.252 e. The van der Waals surface area contributed by atoms with Gasteiger partial charge in [0.15, 0.2) is 22.3 Å². The zero-order valence-corrected chi connectivity index (χ0v) is 32.3. The Labute approximate surface area is 347 Å². The van der Waals surface area contributed by atoms with Crippen LogP contribution in [0.15, 0.2) is 194 Å². The summed E-state index contributed by atoms with van der Waals surface area (Å²) in [6, 6.07) is 62.1. The molecule has 7 heteroatoms. The van der Waals surface area contributed by atoms with Gasteiger partial charge in [0, 0.05) is 65.8 Å². The molecule has 0 bridgehead atoms. The highest BCUT2D eigenvalue weighted by Gasteiger charge is 2.45. The maximum atomic E-state index is 6.93. The van der Waals surface area contributed by atoms with Gasteiger partial charge >= 0.3 is 0 Å². The van der Waals surface area contributed by atoms with Gasteiger partial charge in [-0.05, 0) is 77.1 Å². The van der Waals surface area contributed by atoms with E-state index in [1.807, 2.05) is 24.3 Å². The van der Waals surface area contributed by atoms with Crippen molar-refractivity contribution in [2.75, 3.05) is 9.80 Å². The molecular formula is C54H29BN2O4. The highest BCUT2D eigenvalue weighted by atomic mass is 16.4. The Morgan fingerprint density at radius 3 is 0.984 bits per heavy atom. The van der Waals surface area contributed by atoms with Crippen LogP contribution in [0.1, 0.15) is 0 Å². The molecule has 6 heterocycles. The van der Waals surface area contributed by atoms with E-state index in [4.69, 9.17) is 17.7 Å². The molecule has 0 aliphatic carbocycles. The van der Waals surface area contributed by atoms with Crippen molar-refractivity contribution in [3.8, 4) is 0 Å². The van der Waals surface area contributed by atoms with Crippen LogP contribution in [0.3, 0.4) is 0 Å². The molecule has 0 fully saturated rings. The Morgan fingerprint density at radius 2 is 0.607 bits per heavy atom. The first kappa shape index (κ1) is 31.8. The molecule has 0 saturated carbocycles. The summed E-state index contributed by atoms with van der Waals surface area (Å²) in [5, 5.41) is 8.46. The molecule has 0 unspecified atom stereocenters. The monoisotopic (exact) mass is 780 g/mol. The Balaban J connectivity index is 1.10. The first-order valence-electron chi connectivity index (χ1n) is 20.7. The van der Waals surface area contributed by atoms with Crippen LogP contribution >= 0.6 is 0 Å². The van der Waals surface area contributed by atoms with Gasteiger partial charge in [0.1, 0.15) is 33.7 Å². The van der Waals surface area contributed by atoms with Gasteiger partial charge in [0.25, 0.3) is 6.71 Å². The highest BCUT2D eigenvalue weighted by molar-refractivity contribution is 7.00. The standard InChI is InChI=1S/C54H29BN2O4/c1-9-24-44-30(14-1)34-28-35-31-15-2-10-25-45(31)59-52(35)49(51(34)58-44)56-40-20-7-5-18-38(40)55-39-19-6-8-21-41(39)57(43-23-13-22-42(56)48(43)55)50-53-36(32-16-3-11-26-46(32)60-53)29-37-33-17-4-12-27-47(33)61-54(37)50/h1-29H. The summed E-state index contributed by atoms with van der Waals surface area (Å²) in [6.45, 7) is -0.0758. The van der Waals surface area contributed by atoms with Crippen molar-refractivity contribution in [1.29, 1.82) is 0 Å². The first-order valence-corrected chi connectivity index (χ1v) is 20.7. The van der Waals surface area contributed by atoms with Crippen molar-refractivity contribution in [2.45, 2.75) is 0 Å².